The van der Waals surface area contributed by atoms with Crippen molar-refractivity contribution in [2.45, 2.75) is 37.0 Å². The summed E-state index contributed by atoms with van der Waals surface area (Å²) in [5.41, 5.74) is 1.69. The van der Waals surface area contributed by atoms with Gasteiger partial charge in [-0.2, -0.15) is 4.31 Å². The van der Waals surface area contributed by atoms with E-state index in [-0.39, 0.29) is 11.8 Å². The van der Waals surface area contributed by atoms with E-state index in [0.717, 1.165) is 18.8 Å². The minimum Gasteiger partial charge on any atom is -0.370 e. The molecule has 2 aliphatic rings. The van der Waals surface area contributed by atoms with Crippen LogP contribution in [0.5, 0.6) is 0 Å². The second-order valence-corrected chi connectivity index (χ2v) is 10.5. The van der Waals surface area contributed by atoms with E-state index >= 15 is 0 Å². The smallest absolute Gasteiger partial charge is 0.243 e. The first kappa shape index (κ1) is 22.1. The number of rotatable bonds is 5. The highest BCUT2D eigenvalue weighted by atomic mass is 35.5. The van der Waals surface area contributed by atoms with Crippen LogP contribution in [-0.4, -0.2) is 44.8 Å². The second kappa shape index (κ2) is 9.59. The highest BCUT2D eigenvalue weighted by Gasteiger charge is 2.32. The van der Waals surface area contributed by atoms with Gasteiger partial charge in [0.2, 0.25) is 15.9 Å². The fourth-order valence-electron chi connectivity index (χ4n) is 4.32. The number of anilines is 2. The van der Waals surface area contributed by atoms with Gasteiger partial charge < -0.3 is 10.2 Å². The van der Waals surface area contributed by atoms with E-state index in [9.17, 15) is 13.2 Å². The summed E-state index contributed by atoms with van der Waals surface area (Å²) in [6.07, 6.45) is 4.60. The van der Waals surface area contributed by atoms with Crippen molar-refractivity contribution >= 4 is 38.9 Å². The van der Waals surface area contributed by atoms with Gasteiger partial charge in [-0.3, -0.25) is 4.79 Å². The molecule has 2 saturated heterocycles. The molecule has 166 valence electrons. The first-order valence-electron chi connectivity index (χ1n) is 10.9. The summed E-state index contributed by atoms with van der Waals surface area (Å²) in [4.78, 5) is 15.3. The Balaban J connectivity index is 1.34. The molecule has 0 aromatic heterocycles. The highest BCUT2D eigenvalue weighted by Crippen LogP contribution is 2.31. The van der Waals surface area contributed by atoms with Crippen LogP contribution in [0.1, 0.15) is 32.1 Å². The number of sulfonamides is 1. The molecule has 0 radical (unpaired) electrons. The van der Waals surface area contributed by atoms with Gasteiger partial charge in [0.05, 0.1) is 15.6 Å². The molecule has 2 heterocycles. The van der Waals surface area contributed by atoms with Gasteiger partial charge >= 0.3 is 0 Å². The Morgan fingerprint density at radius 3 is 2.26 bits per heavy atom. The lowest BCUT2D eigenvalue weighted by Crippen LogP contribution is -2.41. The third-order valence-corrected chi connectivity index (χ3v) is 8.33. The molecular formula is C23H28ClN3O3S. The maximum atomic E-state index is 12.8. The van der Waals surface area contributed by atoms with Gasteiger partial charge in [0.25, 0.3) is 0 Å². The molecule has 0 unspecified atom stereocenters. The van der Waals surface area contributed by atoms with Crippen molar-refractivity contribution in [3.05, 3.63) is 53.6 Å². The van der Waals surface area contributed by atoms with Crippen molar-refractivity contribution in [1.82, 2.24) is 4.31 Å². The van der Waals surface area contributed by atoms with Crippen molar-refractivity contribution in [3.8, 4) is 0 Å². The summed E-state index contributed by atoms with van der Waals surface area (Å²) in [5, 5.41) is 3.60. The number of nitrogens with one attached hydrogen (secondary N) is 1. The van der Waals surface area contributed by atoms with E-state index in [1.807, 2.05) is 12.1 Å². The zero-order valence-corrected chi connectivity index (χ0v) is 19.0. The molecule has 2 aromatic carbocycles. The van der Waals surface area contributed by atoms with Gasteiger partial charge in [0.15, 0.2) is 0 Å². The Hall–Kier alpha value is -2.09. The van der Waals surface area contributed by atoms with E-state index in [0.29, 0.717) is 41.5 Å². The summed E-state index contributed by atoms with van der Waals surface area (Å²) in [6, 6.07) is 14.1. The molecule has 0 spiro atoms. The number of carbonyl (C=O) groups excluding carboxylic acids is 1. The molecule has 0 atom stereocenters. The summed E-state index contributed by atoms with van der Waals surface area (Å²) in [7, 11) is -3.51. The van der Waals surface area contributed by atoms with Crippen LogP contribution in [0, 0.1) is 5.92 Å². The maximum Gasteiger partial charge on any atom is 0.243 e. The Bertz CT molecular complexity index is 1020. The van der Waals surface area contributed by atoms with Crippen LogP contribution in [0.3, 0.4) is 0 Å². The van der Waals surface area contributed by atoms with Crippen LogP contribution in [0.2, 0.25) is 5.02 Å². The third kappa shape index (κ3) is 5.05. The fourth-order valence-corrected chi connectivity index (χ4v) is 6.11. The van der Waals surface area contributed by atoms with Crippen molar-refractivity contribution in [2.75, 3.05) is 36.4 Å². The van der Waals surface area contributed by atoms with E-state index < -0.39 is 10.0 Å². The second-order valence-electron chi connectivity index (χ2n) is 8.19. The van der Waals surface area contributed by atoms with Gasteiger partial charge in [-0.05, 0) is 62.4 Å². The zero-order valence-electron chi connectivity index (χ0n) is 17.5. The normalized spacial score (nSPS) is 18.7. The Kier molecular flexibility index (Phi) is 6.84. The first-order valence-corrected chi connectivity index (χ1v) is 12.7. The number of hydrogen-bond donors (Lipinski definition) is 1. The molecule has 4 rings (SSSR count). The van der Waals surface area contributed by atoms with Crippen LogP contribution < -0.4 is 10.2 Å². The third-order valence-electron chi connectivity index (χ3n) is 6.12. The van der Waals surface area contributed by atoms with Gasteiger partial charge in [-0.25, -0.2) is 8.42 Å². The standard InChI is InChI=1S/C23H28ClN3O3S/c24-21-17-19(9-10-22(21)26-13-5-2-6-14-26)25-23(28)18-11-15-27(16-12-18)31(29,30)20-7-3-1-4-8-20/h1,3-4,7-10,17-18H,2,5-6,11-16H2,(H,25,28). The minimum atomic E-state index is -3.51. The molecule has 0 saturated carbocycles. The van der Waals surface area contributed by atoms with Gasteiger partial charge in [-0.15, -0.1) is 0 Å². The summed E-state index contributed by atoms with van der Waals surface area (Å²) in [5.74, 6) is -0.304. The number of piperidine rings is 2. The summed E-state index contributed by atoms with van der Waals surface area (Å²) < 4.78 is 27.0. The lowest BCUT2D eigenvalue weighted by molar-refractivity contribution is -0.120. The number of carbonyl (C=O) groups is 1. The molecule has 1 amide bonds. The van der Waals surface area contributed by atoms with Crippen molar-refractivity contribution in [3.63, 3.8) is 0 Å². The van der Waals surface area contributed by atoms with Crippen LogP contribution in [-0.2, 0) is 14.8 Å². The van der Waals surface area contributed by atoms with E-state index in [1.54, 1.807) is 36.4 Å². The highest BCUT2D eigenvalue weighted by molar-refractivity contribution is 7.89. The van der Waals surface area contributed by atoms with E-state index in [2.05, 4.69) is 10.2 Å². The van der Waals surface area contributed by atoms with Gasteiger partial charge in [0, 0.05) is 37.8 Å². The van der Waals surface area contributed by atoms with Crippen LogP contribution in [0.15, 0.2) is 53.4 Å². The Labute approximate surface area is 189 Å². The Morgan fingerprint density at radius 2 is 1.61 bits per heavy atom. The quantitative estimate of drug-likeness (QED) is 0.717. The molecular weight excluding hydrogens is 434 g/mol. The largest absolute Gasteiger partial charge is 0.370 e. The first-order chi connectivity index (χ1) is 14.9. The SMILES string of the molecule is O=C(Nc1ccc(N2CCCCC2)c(Cl)c1)C1CCN(S(=O)(=O)c2ccccc2)CC1. The Morgan fingerprint density at radius 1 is 0.935 bits per heavy atom. The number of halogens is 1. The number of nitrogens with zero attached hydrogens (tertiary/aromatic N) is 2. The number of benzene rings is 2. The van der Waals surface area contributed by atoms with Gasteiger partial charge in [0.1, 0.15) is 0 Å². The maximum absolute atomic E-state index is 12.8. The topological polar surface area (TPSA) is 69.7 Å². The molecule has 1 N–H and O–H groups in total. The predicted molar refractivity (Wildman–Crippen MR) is 124 cm³/mol. The minimum absolute atomic E-state index is 0.0847. The molecule has 2 fully saturated rings. The number of amides is 1. The number of hydrogen-bond acceptors (Lipinski definition) is 4. The van der Waals surface area contributed by atoms with E-state index in [4.69, 9.17) is 11.6 Å². The zero-order chi connectivity index (χ0) is 21.8. The average Bonchev–Trinajstić information content (AvgIpc) is 2.80. The summed E-state index contributed by atoms with van der Waals surface area (Å²) >= 11 is 6.49. The van der Waals surface area contributed by atoms with Crippen LogP contribution >= 0.6 is 11.6 Å². The molecule has 0 aliphatic carbocycles. The van der Waals surface area contributed by atoms with Crippen LogP contribution in [0.25, 0.3) is 0 Å². The van der Waals surface area contributed by atoms with Crippen molar-refractivity contribution < 1.29 is 13.2 Å². The van der Waals surface area contributed by atoms with Crippen molar-refractivity contribution in [2.24, 2.45) is 5.92 Å². The van der Waals surface area contributed by atoms with Crippen LogP contribution in [0.4, 0.5) is 11.4 Å². The lowest BCUT2D eigenvalue weighted by Gasteiger charge is -2.31. The lowest BCUT2D eigenvalue weighted by atomic mass is 9.97. The summed E-state index contributed by atoms with van der Waals surface area (Å²) in [6.45, 7) is 2.69. The van der Waals surface area contributed by atoms with Gasteiger partial charge in [-0.1, -0.05) is 29.8 Å². The molecule has 2 aromatic rings. The molecule has 6 nitrogen and oxygen atoms in total. The molecule has 2 aliphatic heterocycles. The molecule has 8 heteroatoms. The molecule has 0 bridgehead atoms. The molecule has 31 heavy (non-hydrogen) atoms. The predicted octanol–water partition coefficient (Wildman–Crippen LogP) is 4.37. The van der Waals surface area contributed by atoms with Crippen molar-refractivity contribution in [1.29, 1.82) is 0 Å². The fraction of sp³-hybridized carbons (Fsp3) is 0.435. The monoisotopic (exact) mass is 461 g/mol. The average molecular weight is 462 g/mol. The van der Waals surface area contributed by atoms with E-state index in [1.165, 1.54) is 23.6 Å².